The van der Waals surface area contributed by atoms with E-state index in [0.29, 0.717) is 5.25 Å². The van der Waals surface area contributed by atoms with Gasteiger partial charge in [0.15, 0.2) is 0 Å². The number of hydrogen-bond donors (Lipinski definition) is 0. The largest absolute Gasteiger partial charge is 0.185 e. The van der Waals surface area contributed by atoms with Crippen molar-refractivity contribution < 1.29 is 0 Å². The minimum absolute atomic E-state index is 0.626. The third-order valence-electron chi connectivity index (χ3n) is 6.67. The Morgan fingerprint density at radius 1 is 0.652 bits per heavy atom. The summed E-state index contributed by atoms with van der Waals surface area (Å²) >= 11 is 3.83. The highest BCUT2D eigenvalue weighted by molar-refractivity contribution is 8.04. The van der Waals surface area contributed by atoms with Crippen molar-refractivity contribution in [3.8, 4) is 5.40 Å². The smallest absolute Gasteiger partial charge is 0.133 e. The second-order valence-corrected chi connectivity index (χ2v) is 11.0. The first-order valence-corrected chi connectivity index (χ1v) is 11.8. The van der Waals surface area contributed by atoms with Crippen LogP contribution in [0.4, 0.5) is 0 Å². The highest BCUT2D eigenvalue weighted by Gasteiger charge is 2.31. The lowest BCUT2D eigenvalue weighted by atomic mass is 9.71. The Bertz CT molecular complexity index is 381. The van der Waals surface area contributed by atoms with Crippen molar-refractivity contribution in [3.05, 3.63) is 0 Å². The number of hydrogen-bond acceptors (Lipinski definition) is 3. The van der Waals surface area contributed by atoms with Crippen LogP contribution in [0.3, 0.4) is 0 Å². The van der Waals surface area contributed by atoms with Crippen molar-refractivity contribution in [2.24, 2.45) is 17.8 Å². The molecule has 0 aromatic heterocycles. The van der Waals surface area contributed by atoms with E-state index in [1.807, 2.05) is 0 Å². The van der Waals surface area contributed by atoms with Gasteiger partial charge < -0.3 is 0 Å². The van der Waals surface area contributed by atoms with Gasteiger partial charge in [-0.1, -0.05) is 19.8 Å². The molecule has 3 fully saturated rings. The van der Waals surface area contributed by atoms with Gasteiger partial charge in [0.25, 0.3) is 0 Å². The van der Waals surface area contributed by atoms with E-state index in [9.17, 15) is 0 Å². The zero-order chi connectivity index (χ0) is 16.1. The first kappa shape index (κ1) is 18.0. The van der Waals surface area contributed by atoms with Gasteiger partial charge in [-0.15, -0.1) is 0 Å². The second-order valence-electron chi connectivity index (χ2n) is 8.30. The monoisotopic (exact) mass is 351 g/mol. The van der Waals surface area contributed by atoms with E-state index in [1.54, 1.807) is 0 Å². The Kier molecular flexibility index (Phi) is 7.08. The molecule has 3 rings (SSSR count). The number of thioether (sulfide) groups is 2. The van der Waals surface area contributed by atoms with Crippen LogP contribution in [0, 0.1) is 28.4 Å². The summed E-state index contributed by atoms with van der Waals surface area (Å²) in [6.07, 6.45) is 17.2. The normalized spacial score (nSPS) is 42.1. The molecule has 0 amide bonds. The minimum Gasteiger partial charge on any atom is -0.185 e. The molecule has 130 valence electrons. The van der Waals surface area contributed by atoms with Gasteiger partial charge in [0, 0.05) is 15.7 Å². The molecule has 0 heterocycles. The molecule has 3 saturated carbocycles. The fourth-order valence-electron chi connectivity index (χ4n) is 5.09. The van der Waals surface area contributed by atoms with Gasteiger partial charge in [0.1, 0.15) is 5.40 Å². The fraction of sp³-hybridized carbons (Fsp3) is 0.950. The Balaban J connectivity index is 1.34. The summed E-state index contributed by atoms with van der Waals surface area (Å²) in [5.41, 5.74) is 0. The van der Waals surface area contributed by atoms with E-state index in [1.165, 1.54) is 88.8 Å². The van der Waals surface area contributed by atoms with Crippen molar-refractivity contribution in [3.63, 3.8) is 0 Å². The van der Waals surface area contributed by atoms with Gasteiger partial charge in [-0.05, 0) is 93.7 Å². The molecule has 0 aliphatic heterocycles. The van der Waals surface area contributed by atoms with Crippen molar-refractivity contribution in [2.75, 3.05) is 0 Å². The molecule has 0 unspecified atom stereocenters. The van der Waals surface area contributed by atoms with Crippen molar-refractivity contribution in [1.82, 2.24) is 0 Å². The van der Waals surface area contributed by atoms with Crippen LogP contribution in [0.1, 0.15) is 84.0 Å². The van der Waals surface area contributed by atoms with Crippen LogP contribution in [0.25, 0.3) is 0 Å². The van der Waals surface area contributed by atoms with Crippen LogP contribution in [-0.2, 0) is 0 Å². The maximum absolute atomic E-state index is 8.80. The molecular formula is C20H33NS2. The zero-order valence-electron chi connectivity index (χ0n) is 14.7. The van der Waals surface area contributed by atoms with E-state index in [2.05, 4.69) is 24.1 Å². The van der Waals surface area contributed by atoms with Crippen molar-refractivity contribution >= 4 is 23.5 Å². The Labute approximate surface area is 151 Å². The molecule has 1 nitrogen and oxygen atoms in total. The first-order chi connectivity index (χ1) is 11.2. The summed E-state index contributed by atoms with van der Waals surface area (Å²) < 4.78 is 0. The number of rotatable bonds is 4. The predicted molar refractivity (Wildman–Crippen MR) is 104 cm³/mol. The number of nitrogens with zero attached hydrogens (tertiary/aromatic N) is 1. The lowest BCUT2D eigenvalue weighted by Gasteiger charge is -2.38. The molecule has 0 saturated heterocycles. The third-order valence-corrected chi connectivity index (χ3v) is 9.29. The van der Waals surface area contributed by atoms with Crippen molar-refractivity contribution in [1.29, 1.82) is 5.26 Å². The van der Waals surface area contributed by atoms with Gasteiger partial charge in [0.05, 0.1) is 0 Å². The molecule has 3 heteroatoms. The molecule has 0 bridgehead atoms. The fourth-order valence-corrected chi connectivity index (χ4v) is 7.38. The summed E-state index contributed by atoms with van der Waals surface area (Å²) in [6, 6.07) is 0. The molecule has 23 heavy (non-hydrogen) atoms. The number of thiocyanates is 1. The average molecular weight is 352 g/mol. The predicted octanol–water partition coefficient (Wildman–Crippen LogP) is 6.63. The topological polar surface area (TPSA) is 23.8 Å². The molecule has 0 spiro atoms. The second kappa shape index (κ2) is 9.04. The van der Waals surface area contributed by atoms with Crippen LogP contribution < -0.4 is 0 Å². The van der Waals surface area contributed by atoms with Crippen LogP contribution in [0.2, 0.25) is 0 Å². The molecule has 0 N–H and O–H groups in total. The van der Waals surface area contributed by atoms with Crippen LogP contribution >= 0.6 is 23.5 Å². The van der Waals surface area contributed by atoms with Gasteiger partial charge >= 0.3 is 0 Å². The molecular weight excluding hydrogens is 318 g/mol. The highest BCUT2D eigenvalue weighted by atomic mass is 32.2. The quantitative estimate of drug-likeness (QED) is 0.531. The molecule has 0 aromatic rings. The van der Waals surface area contributed by atoms with Crippen LogP contribution in [0.5, 0.6) is 0 Å². The Hall–Kier alpha value is 0.190. The molecule has 0 aromatic carbocycles. The Morgan fingerprint density at radius 2 is 1.09 bits per heavy atom. The molecule has 0 radical (unpaired) electrons. The van der Waals surface area contributed by atoms with Crippen LogP contribution in [0.15, 0.2) is 0 Å². The zero-order valence-corrected chi connectivity index (χ0v) is 16.3. The van der Waals surface area contributed by atoms with Crippen molar-refractivity contribution in [2.45, 2.75) is 99.7 Å². The van der Waals surface area contributed by atoms with E-state index in [4.69, 9.17) is 5.26 Å². The minimum atomic E-state index is 0.626. The lowest BCUT2D eigenvalue weighted by Crippen LogP contribution is -2.27. The van der Waals surface area contributed by atoms with E-state index < -0.39 is 0 Å². The summed E-state index contributed by atoms with van der Waals surface area (Å²) in [6.45, 7) is 2.44. The first-order valence-electron chi connectivity index (χ1n) is 9.94. The third kappa shape index (κ3) is 5.33. The van der Waals surface area contributed by atoms with E-state index >= 15 is 0 Å². The van der Waals surface area contributed by atoms with E-state index in [0.717, 1.165) is 28.3 Å². The molecule has 3 aliphatic carbocycles. The van der Waals surface area contributed by atoms with E-state index in [-0.39, 0.29) is 0 Å². The van der Waals surface area contributed by atoms with Gasteiger partial charge in [-0.25, -0.2) is 0 Å². The van der Waals surface area contributed by atoms with Gasteiger partial charge in [-0.2, -0.15) is 17.0 Å². The van der Waals surface area contributed by atoms with Gasteiger partial charge in [-0.3, -0.25) is 0 Å². The standard InChI is InChI=1S/C20H33NS2/c1-15-2-4-16(5-3-15)17-6-8-19(9-7-17)23-20-12-10-18(11-13-20)22-14-21/h15-20H,2-13H2,1H3. The maximum Gasteiger partial charge on any atom is 0.133 e. The molecule has 0 atom stereocenters. The number of nitriles is 1. The summed E-state index contributed by atoms with van der Waals surface area (Å²) in [5.74, 6) is 3.12. The summed E-state index contributed by atoms with van der Waals surface area (Å²) in [5, 5.41) is 13.5. The lowest BCUT2D eigenvalue weighted by molar-refractivity contribution is 0.174. The summed E-state index contributed by atoms with van der Waals surface area (Å²) in [7, 11) is 0. The van der Waals surface area contributed by atoms with Crippen LogP contribution in [-0.4, -0.2) is 15.7 Å². The maximum atomic E-state index is 8.80. The average Bonchev–Trinajstić information content (AvgIpc) is 2.58. The summed E-state index contributed by atoms with van der Waals surface area (Å²) in [4.78, 5) is 0. The highest BCUT2D eigenvalue weighted by Crippen LogP contribution is 2.44. The SMILES string of the molecule is CC1CCC(C2CCC(SC3CCC(SC#N)CC3)CC2)CC1. The van der Waals surface area contributed by atoms with Gasteiger partial charge in [0.2, 0.25) is 0 Å². The molecule has 3 aliphatic rings. The Morgan fingerprint density at radius 3 is 1.61 bits per heavy atom.